The van der Waals surface area contributed by atoms with Crippen LogP contribution in [0.15, 0.2) is 36.7 Å². The lowest BCUT2D eigenvalue weighted by molar-refractivity contribution is -0.132. The van der Waals surface area contributed by atoms with Gasteiger partial charge in [0.15, 0.2) is 0 Å². The fourth-order valence-electron chi connectivity index (χ4n) is 6.07. The van der Waals surface area contributed by atoms with E-state index in [2.05, 4.69) is 14.5 Å². The van der Waals surface area contributed by atoms with Crippen LogP contribution in [0.1, 0.15) is 63.4 Å². The zero-order chi connectivity index (χ0) is 27.3. The summed E-state index contributed by atoms with van der Waals surface area (Å²) in [6.45, 7) is 13.3. The normalized spacial score (nSPS) is 21.1. The van der Waals surface area contributed by atoms with Crippen molar-refractivity contribution in [2.75, 3.05) is 6.54 Å². The topological polar surface area (TPSA) is 73.2 Å². The van der Waals surface area contributed by atoms with Gasteiger partial charge in [-0.3, -0.25) is 14.5 Å². The largest absolute Gasteiger partial charge is 0.335 e. The van der Waals surface area contributed by atoms with Crippen molar-refractivity contribution in [1.29, 1.82) is 0 Å². The molecule has 4 heterocycles. The number of halogens is 1. The summed E-state index contributed by atoms with van der Waals surface area (Å²) >= 11 is 0. The maximum absolute atomic E-state index is 14.6. The van der Waals surface area contributed by atoms with Crippen molar-refractivity contribution < 1.29 is 9.18 Å². The van der Waals surface area contributed by atoms with Crippen LogP contribution in [0.5, 0.6) is 0 Å². The molecule has 8 nitrogen and oxygen atoms in total. The molecule has 0 unspecified atom stereocenters. The molecule has 0 N–H and O–H groups in total. The second-order valence-corrected chi connectivity index (χ2v) is 11.0. The van der Waals surface area contributed by atoms with E-state index < -0.39 is 5.67 Å². The van der Waals surface area contributed by atoms with Crippen molar-refractivity contribution in [2.24, 2.45) is 7.05 Å². The summed E-state index contributed by atoms with van der Waals surface area (Å²) in [5.41, 5.74) is 4.22. The first-order valence-corrected chi connectivity index (χ1v) is 13.6. The highest BCUT2D eigenvalue weighted by atomic mass is 19.1. The number of carbonyl (C=O) groups is 1. The smallest absolute Gasteiger partial charge is 0.222 e. The van der Waals surface area contributed by atoms with Gasteiger partial charge in [-0.05, 0) is 50.1 Å². The van der Waals surface area contributed by atoms with E-state index >= 15 is 0 Å². The Morgan fingerprint density at radius 1 is 1.21 bits per heavy atom. The van der Waals surface area contributed by atoms with Crippen molar-refractivity contribution in [3.63, 3.8) is 0 Å². The highest BCUT2D eigenvalue weighted by Crippen LogP contribution is 2.43. The van der Waals surface area contributed by atoms with Crippen LogP contribution >= 0.6 is 0 Å². The lowest BCUT2D eigenvalue weighted by Gasteiger charge is -2.33. The molecule has 0 bridgehead atoms. The third-order valence-corrected chi connectivity index (χ3v) is 8.28. The Balaban J connectivity index is 1.50. The maximum Gasteiger partial charge on any atom is 0.222 e. The van der Waals surface area contributed by atoms with Crippen molar-refractivity contribution in [3.8, 4) is 22.5 Å². The summed E-state index contributed by atoms with van der Waals surface area (Å²) in [6.07, 6.45) is 6.60. The highest BCUT2D eigenvalue weighted by Gasteiger charge is 2.36. The summed E-state index contributed by atoms with van der Waals surface area (Å²) in [7, 11) is 1.84. The van der Waals surface area contributed by atoms with E-state index in [-0.39, 0.29) is 11.8 Å². The highest BCUT2D eigenvalue weighted by molar-refractivity contribution is 5.99. The minimum Gasteiger partial charge on any atom is -0.335 e. The van der Waals surface area contributed by atoms with E-state index in [1.807, 2.05) is 49.3 Å². The average molecular weight is 526 g/mol. The Labute approximate surface area is 227 Å². The van der Waals surface area contributed by atoms with Gasteiger partial charge in [-0.2, -0.15) is 5.10 Å². The van der Waals surface area contributed by atoms with Gasteiger partial charge in [0.1, 0.15) is 11.5 Å². The molecule has 1 aliphatic carbocycles. The predicted octanol–water partition coefficient (Wildman–Crippen LogP) is 6.19. The SMILES string of the molecule is [C-]#[N+]c1cc2c(-c3nc(C4CCC(C)(F)CC4)n4c3CN(C(=O)CC)CC4)cccc2nc1-c1cnn(C)c1. The van der Waals surface area contributed by atoms with Crippen LogP contribution in [0.2, 0.25) is 0 Å². The van der Waals surface area contributed by atoms with Crippen LogP contribution in [-0.2, 0) is 24.9 Å². The quantitative estimate of drug-likeness (QED) is 0.298. The summed E-state index contributed by atoms with van der Waals surface area (Å²) in [4.78, 5) is 28.5. The Morgan fingerprint density at radius 3 is 2.69 bits per heavy atom. The number of benzene rings is 1. The molecular formula is C30H32FN7O. The Hall–Kier alpha value is -4.06. The Morgan fingerprint density at radius 2 is 2.00 bits per heavy atom. The van der Waals surface area contributed by atoms with Crippen LogP contribution < -0.4 is 0 Å². The van der Waals surface area contributed by atoms with Gasteiger partial charge in [0.2, 0.25) is 11.6 Å². The number of imidazole rings is 1. The number of hydrogen-bond donors (Lipinski definition) is 0. The Bertz CT molecular complexity index is 1620. The molecule has 1 aromatic carbocycles. The summed E-state index contributed by atoms with van der Waals surface area (Å²) in [5.74, 6) is 1.29. The van der Waals surface area contributed by atoms with E-state index in [1.54, 1.807) is 17.8 Å². The molecule has 9 heteroatoms. The third kappa shape index (κ3) is 4.48. The number of aryl methyl sites for hydroxylation is 1. The van der Waals surface area contributed by atoms with E-state index in [4.69, 9.17) is 16.5 Å². The summed E-state index contributed by atoms with van der Waals surface area (Å²) < 4.78 is 18.6. The van der Waals surface area contributed by atoms with Gasteiger partial charge in [0.05, 0.1) is 41.9 Å². The summed E-state index contributed by atoms with van der Waals surface area (Å²) in [5, 5.41) is 5.10. The van der Waals surface area contributed by atoms with Gasteiger partial charge in [-0.15, -0.1) is 0 Å². The van der Waals surface area contributed by atoms with Crippen molar-refractivity contribution >= 4 is 22.5 Å². The van der Waals surface area contributed by atoms with Gasteiger partial charge < -0.3 is 9.47 Å². The number of nitrogens with zero attached hydrogens (tertiary/aromatic N) is 7. The standard InChI is InChI=1S/C30H32FN7O/c1-5-26(39)37-13-14-38-25(18-37)28(35-29(38)19-9-11-30(2,31)12-10-19)21-7-6-8-23-22(21)15-24(32-3)27(34-23)20-16-33-36(4)17-20/h6-8,15-17,19H,5,9-14,18H2,1-2,4H3. The lowest BCUT2D eigenvalue weighted by atomic mass is 9.80. The first-order chi connectivity index (χ1) is 18.8. The van der Waals surface area contributed by atoms with Gasteiger partial charge in [-0.25, -0.2) is 14.2 Å². The number of hydrogen-bond acceptors (Lipinski definition) is 4. The molecule has 1 amide bonds. The van der Waals surface area contributed by atoms with Crippen LogP contribution in [0.4, 0.5) is 10.1 Å². The van der Waals surface area contributed by atoms with Crippen LogP contribution in [0.3, 0.4) is 0 Å². The summed E-state index contributed by atoms with van der Waals surface area (Å²) in [6, 6.07) is 7.83. The molecule has 1 aliphatic heterocycles. The molecular weight excluding hydrogens is 493 g/mol. The maximum atomic E-state index is 14.6. The second-order valence-electron chi connectivity index (χ2n) is 11.0. The number of aromatic nitrogens is 5. The van der Waals surface area contributed by atoms with Crippen LogP contribution in [0.25, 0.3) is 38.3 Å². The minimum atomic E-state index is -1.12. The molecule has 6 rings (SSSR count). The average Bonchev–Trinajstić information content (AvgIpc) is 3.55. The first kappa shape index (κ1) is 25.2. The van der Waals surface area contributed by atoms with Gasteiger partial charge in [-0.1, -0.05) is 19.1 Å². The number of pyridine rings is 1. The van der Waals surface area contributed by atoms with Gasteiger partial charge in [0, 0.05) is 49.8 Å². The molecule has 2 aliphatic rings. The van der Waals surface area contributed by atoms with Crippen molar-refractivity contribution in [2.45, 2.75) is 70.6 Å². The van der Waals surface area contributed by atoms with Crippen molar-refractivity contribution in [3.05, 3.63) is 59.6 Å². The molecule has 3 aromatic heterocycles. The number of amides is 1. The van der Waals surface area contributed by atoms with E-state index in [1.165, 1.54) is 0 Å². The zero-order valence-electron chi connectivity index (χ0n) is 22.6. The molecule has 39 heavy (non-hydrogen) atoms. The number of rotatable bonds is 4. The molecule has 4 aromatic rings. The van der Waals surface area contributed by atoms with E-state index in [0.717, 1.165) is 52.1 Å². The molecule has 1 fully saturated rings. The van der Waals surface area contributed by atoms with Crippen LogP contribution in [-0.4, -0.2) is 47.3 Å². The fraction of sp³-hybridized carbons (Fsp3) is 0.433. The molecule has 1 saturated carbocycles. The van der Waals surface area contributed by atoms with E-state index in [0.29, 0.717) is 50.3 Å². The molecule has 0 radical (unpaired) electrons. The first-order valence-electron chi connectivity index (χ1n) is 13.6. The fourth-order valence-corrected chi connectivity index (χ4v) is 6.07. The zero-order valence-corrected chi connectivity index (χ0v) is 22.6. The lowest BCUT2D eigenvalue weighted by Crippen LogP contribution is -2.38. The number of carbonyl (C=O) groups excluding carboxylic acids is 1. The van der Waals surface area contributed by atoms with Gasteiger partial charge >= 0.3 is 0 Å². The molecule has 0 spiro atoms. The number of fused-ring (bicyclic) bond motifs is 2. The molecule has 0 saturated heterocycles. The second kappa shape index (κ2) is 9.60. The minimum absolute atomic E-state index is 0.122. The third-order valence-electron chi connectivity index (χ3n) is 8.28. The molecule has 200 valence electrons. The predicted molar refractivity (Wildman–Crippen MR) is 148 cm³/mol. The van der Waals surface area contributed by atoms with Crippen LogP contribution in [0, 0.1) is 6.57 Å². The Kier molecular flexibility index (Phi) is 6.21. The van der Waals surface area contributed by atoms with Crippen molar-refractivity contribution in [1.82, 2.24) is 29.2 Å². The number of alkyl halides is 1. The van der Waals surface area contributed by atoms with Gasteiger partial charge in [0.25, 0.3) is 0 Å². The monoisotopic (exact) mass is 525 g/mol. The molecule has 0 atom stereocenters. The van der Waals surface area contributed by atoms with E-state index in [9.17, 15) is 9.18 Å².